The molecule has 24 heteroatoms. The summed E-state index contributed by atoms with van der Waals surface area (Å²) in [6.45, 7) is 11.5. The molecule has 1 aliphatic heterocycles. The summed E-state index contributed by atoms with van der Waals surface area (Å²) in [6.07, 6.45) is 14.7. The second-order valence-electron chi connectivity index (χ2n) is 32.8. The van der Waals surface area contributed by atoms with Gasteiger partial charge < -0.3 is 63.1 Å². The summed E-state index contributed by atoms with van der Waals surface area (Å²) in [5.41, 5.74) is 14.3. The van der Waals surface area contributed by atoms with Crippen molar-refractivity contribution >= 4 is 103 Å². The molecule has 8 aromatic rings. The highest BCUT2D eigenvalue weighted by molar-refractivity contribution is 8.76. The minimum Gasteiger partial charge on any atom is -0.508 e. The molecule has 2 aliphatic rings. The van der Waals surface area contributed by atoms with Gasteiger partial charge in [0.1, 0.15) is 41.6 Å². The average Bonchev–Trinajstić information content (AvgIpc) is 0.949. The fourth-order valence-electron chi connectivity index (χ4n) is 15.6. The van der Waals surface area contributed by atoms with E-state index in [2.05, 4.69) is 127 Å². The number of para-hydroxylation sites is 1. The monoisotopic (exact) mass is 1680 g/mol. The molecule has 1 aromatic heterocycles. The number of aromatic hydroxyl groups is 1. The first kappa shape index (κ1) is 92.2. The number of aromatic nitrogens is 1. The molecule has 1 aliphatic carbocycles. The van der Waals surface area contributed by atoms with E-state index in [-0.39, 0.29) is 67.6 Å². The maximum Gasteiger partial charge on any atom is 0.407 e. The Kier molecular flexibility index (Phi) is 35.8. The van der Waals surface area contributed by atoms with Gasteiger partial charge in [-0.1, -0.05) is 276 Å². The van der Waals surface area contributed by atoms with E-state index in [1.165, 1.54) is 44.2 Å². The van der Waals surface area contributed by atoms with Crippen molar-refractivity contribution in [1.29, 1.82) is 0 Å². The Hall–Kier alpha value is -10.1. The first-order valence-electron chi connectivity index (χ1n) is 42.5. The predicted molar refractivity (Wildman–Crippen MR) is 483 cm³/mol. The molecule has 7 aromatic carbocycles. The van der Waals surface area contributed by atoms with Crippen LogP contribution in [0.4, 0.5) is 4.79 Å². The van der Waals surface area contributed by atoms with Gasteiger partial charge >= 0.3 is 6.09 Å². The maximum atomic E-state index is 16.0. The fraction of sp³-hybridized carbons (Fsp3) is 0.427. The summed E-state index contributed by atoms with van der Waals surface area (Å²) in [5.74, 6) is -7.75. The number of unbranched alkanes of at least 4 members (excludes halogenated alkanes) is 8. The molecule has 10 rings (SSSR count). The molecule has 21 nitrogen and oxygen atoms in total. The molecule has 1 saturated heterocycles. The number of rotatable bonds is 37. The second kappa shape index (κ2) is 46.6. The molecule has 2 heterocycles. The van der Waals surface area contributed by atoms with E-state index in [1.807, 2.05) is 115 Å². The number of primary amides is 1. The Morgan fingerprint density at radius 1 is 0.600 bits per heavy atom. The molecule has 0 spiro atoms. The lowest BCUT2D eigenvalue weighted by Crippen LogP contribution is -2.60. The SMILES string of the molecule is CCCCCCCCCCC(CCN[C@H](Cc1ccccc1)C(=O)N[C@H]1CSSC[C@@H](C(=O)N[C@@H](Cc2c[nH]c3ccccc23)C(N)=O)NC(=O)[C@H](C(C)C)NC(=O)[C@H](CCCCNC(=O)OC(C)(C)C)NC(=O)[C@@H](CC2=CCc3ccccc32)NC(=O)[C@H](Cc2ccc(O)cc2)CC1=O)SC(c1ccccc1)(c1ccccc1)c1ccccc1. The summed E-state index contributed by atoms with van der Waals surface area (Å²) in [6, 6.07) is 54.2. The van der Waals surface area contributed by atoms with Crippen molar-refractivity contribution in [2.75, 3.05) is 24.6 Å². The zero-order valence-corrected chi connectivity index (χ0v) is 72.4. The average molecular weight is 1690 g/mol. The van der Waals surface area contributed by atoms with E-state index in [4.69, 9.17) is 10.5 Å². The highest BCUT2D eigenvalue weighted by atomic mass is 33.1. The number of hydrogen-bond donors (Lipinski definition) is 11. The number of phenolic OH excluding ortho intramolecular Hbond substituents is 1. The molecule has 1 unspecified atom stereocenters. The summed E-state index contributed by atoms with van der Waals surface area (Å²) in [5, 5.41) is 35.7. The number of nitrogens with one attached hydrogen (secondary N) is 9. The van der Waals surface area contributed by atoms with Crippen LogP contribution in [0.5, 0.6) is 5.75 Å². The van der Waals surface area contributed by atoms with Crippen LogP contribution < -0.4 is 48.3 Å². The Morgan fingerprint density at radius 3 is 1.85 bits per heavy atom. The van der Waals surface area contributed by atoms with Crippen molar-refractivity contribution in [2.45, 2.75) is 221 Å². The molecule has 1 fully saturated rings. The standard InChI is InChI=1S/C96H120N10O11S3/c1-7-8-9-10-11-12-13-26-42-75(120-96(71-36-20-15-21-37-71,72-38-22-16-23-39-72)73-40-24-17-25-41-73)53-55-98-81(57-65-33-18-14-19-34-65)90(112)104-83-62-118-119-63-84(92(114)102-80(87(97)109)59-70-61-100-78-45-30-29-44-77(70)78)105-93(115)86(64(2)3)106-89(111)79(46-31-32-54-99-94(116)117-95(4,5)6)101-91(113)82(58-68-50-49-67-35-27-28-43-76(67)68)103-88(110)69(60-85(83)108)56-66-47-51-74(107)52-48-66/h14-25,27-30,33-41,43-45,47-48,50-52,61,64,69,75,79-84,86,98,100,107H,7-13,26,31-32,42,46,49,53-60,62-63H2,1-6H3,(H2,97,109)(H,99,116)(H,101,113)(H,102,114)(H,103,110)(H,104,112)(H,105,115)(H,106,111)/t69-,75?,79+,80+,81-,82-,83+,84+,86+/m1/s1. The van der Waals surface area contributed by atoms with E-state index in [0.717, 1.165) is 97.1 Å². The van der Waals surface area contributed by atoms with Gasteiger partial charge in [0.2, 0.25) is 41.4 Å². The Balaban J connectivity index is 1.01. The topological polar surface area (TPSA) is 321 Å². The molecular weight excluding hydrogens is 1570 g/mol. The van der Waals surface area contributed by atoms with Crippen LogP contribution in [-0.2, 0) is 73.5 Å². The van der Waals surface area contributed by atoms with Crippen molar-refractivity contribution in [2.24, 2.45) is 17.6 Å². The van der Waals surface area contributed by atoms with Crippen LogP contribution in [-0.4, -0.2) is 141 Å². The summed E-state index contributed by atoms with van der Waals surface area (Å²) < 4.78 is 4.84. The van der Waals surface area contributed by atoms with Crippen LogP contribution in [0, 0.1) is 11.8 Å². The number of benzene rings is 7. The highest BCUT2D eigenvalue weighted by Crippen LogP contribution is 2.52. The van der Waals surface area contributed by atoms with Crippen molar-refractivity contribution in [1.82, 2.24) is 47.5 Å². The summed E-state index contributed by atoms with van der Waals surface area (Å²) in [4.78, 5) is 138. The first-order chi connectivity index (χ1) is 57.9. The maximum absolute atomic E-state index is 16.0. The van der Waals surface area contributed by atoms with Gasteiger partial charge in [-0.3, -0.25) is 38.4 Å². The smallest absolute Gasteiger partial charge is 0.407 e. The number of nitrogens with two attached hydrogens (primary N) is 1. The third-order valence-electron chi connectivity index (χ3n) is 22.1. The number of hydrogen-bond acceptors (Lipinski definition) is 15. The summed E-state index contributed by atoms with van der Waals surface area (Å²) >= 11 is 1.94. The van der Waals surface area contributed by atoms with Gasteiger partial charge in [0, 0.05) is 65.6 Å². The lowest BCUT2D eigenvalue weighted by molar-refractivity contribution is -0.136. The molecule has 0 radical (unpaired) electrons. The normalized spacial score (nSPS) is 18.7. The number of carbonyl (C=O) groups is 9. The Morgan fingerprint density at radius 2 is 1.20 bits per heavy atom. The number of H-pyrrole nitrogens is 1. The summed E-state index contributed by atoms with van der Waals surface area (Å²) in [7, 11) is 2.27. The highest BCUT2D eigenvalue weighted by Gasteiger charge is 2.41. The predicted octanol–water partition coefficient (Wildman–Crippen LogP) is 14.6. The van der Waals surface area contributed by atoms with Crippen LogP contribution in [0.3, 0.4) is 0 Å². The van der Waals surface area contributed by atoms with E-state index in [1.54, 1.807) is 52.9 Å². The molecule has 0 saturated carbocycles. The minimum atomic E-state index is -1.43. The van der Waals surface area contributed by atoms with Gasteiger partial charge in [0.15, 0.2) is 5.78 Å². The number of amides is 8. The largest absolute Gasteiger partial charge is 0.508 e. The molecule has 120 heavy (non-hydrogen) atoms. The van der Waals surface area contributed by atoms with Crippen molar-refractivity contribution in [3.63, 3.8) is 0 Å². The van der Waals surface area contributed by atoms with Crippen molar-refractivity contribution in [3.8, 4) is 5.75 Å². The van der Waals surface area contributed by atoms with Crippen molar-refractivity contribution < 1.29 is 53.0 Å². The number of aromatic amines is 1. The number of ether oxygens (including phenoxy) is 1. The molecule has 12 N–H and O–H groups in total. The van der Waals surface area contributed by atoms with E-state index in [9.17, 15) is 14.7 Å². The number of ketones is 1. The first-order valence-corrected chi connectivity index (χ1v) is 45.9. The van der Waals surface area contributed by atoms with E-state index in [0.29, 0.717) is 36.9 Å². The lowest BCUT2D eigenvalue weighted by Gasteiger charge is -2.38. The third-order valence-corrected chi connectivity index (χ3v) is 26.4. The number of fused-ring (bicyclic) bond motifs is 2. The van der Waals surface area contributed by atoms with Gasteiger partial charge in [-0.05, 0) is 153 Å². The fourth-order valence-corrected chi connectivity index (χ4v) is 19.8. The van der Waals surface area contributed by atoms with Gasteiger partial charge in [-0.25, -0.2) is 4.79 Å². The molecular formula is C96H120N10O11S3. The number of allylic oxidation sites excluding steroid dienone is 1. The number of phenols is 1. The molecule has 0 bridgehead atoms. The van der Waals surface area contributed by atoms with Gasteiger partial charge in [-0.2, -0.15) is 0 Å². The van der Waals surface area contributed by atoms with Crippen LogP contribution in [0.1, 0.15) is 182 Å². The Labute approximate surface area is 719 Å². The van der Waals surface area contributed by atoms with Crippen LogP contribution >= 0.6 is 33.3 Å². The zero-order valence-electron chi connectivity index (χ0n) is 70.0. The number of carbonyl (C=O) groups excluding carboxylic acids is 9. The number of thioether (sulfide) groups is 1. The molecule has 8 amide bonds. The third kappa shape index (κ3) is 27.7. The van der Waals surface area contributed by atoms with E-state index < -0.39 is 124 Å². The van der Waals surface area contributed by atoms with Gasteiger partial charge in [0.05, 0.1) is 16.8 Å². The number of Topliss-reactive ketones (excluding diaryl/α,β-unsaturated/α-hetero) is 1. The van der Waals surface area contributed by atoms with Crippen LogP contribution in [0.15, 0.2) is 206 Å². The van der Waals surface area contributed by atoms with E-state index >= 15 is 33.6 Å². The minimum absolute atomic E-state index is 0.0132. The quantitative estimate of drug-likeness (QED) is 0.00979. The zero-order chi connectivity index (χ0) is 85.4. The van der Waals surface area contributed by atoms with Gasteiger partial charge in [0.25, 0.3) is 0 Å². The lowest BCUT2D eigenvalue weighted by atomic mass is 9.84. The van der Waals surface area contributed by atoms with Gasteiger partial charge in [-0.15, -0.1) is 11.8 Å². The molecule has 638 valence electrons. The molecule has 9 atom stereocenters. The Bertz CT molecular complexity index is 4590. The number of alkyl carbamates (subject to hydrolysis) is 1. The second-order valence-corrected chi connectivity index (χ2v) is 36.9. The van der Waals surface area contributed by atoms with Crippen molar-refractivity contribution in [3.05, 3.63) is 251 Å². The van der Waals surface area contributed by atoms with Crippen LogP contribution in [0.25, 0.3) is 16.5 Å². The van der Waals surface area contributed by atoms with Crippen LogP contribution in [0.2, 0.25) is 0 Å².